The lowest BCUT2D eigenvalue weighted by Gasteiger charge is -2.24. The molecule has 9 heteroatoms. The Hall–Kier alpha value is -0.500. The number of carbonyl (C=O) groups excluding carboxylic acids is 1. The molecule has 246 valence electrons. The van der Waals surface area contributed by atoms with Crippen molar-refractivity contribution in [1.82, 2.24) is 0 Å². The fourth-order valence-electron chi connectivity index (χ4n) is 4.49. The largest absolute Gasteiger partial charge is 0.472 e. The van der Waals surface area contributed by atoms with E-state index in [1.807, 2.05) is 21.1 Å². The summed E-state index contributed by atoms with van der Waals surface area (Å²) in [7, 11) is 1.67. The molecule has 8 nitrogen and oxygen atoms in total. The van der Waals surface area contributed by atoms with E-state index in [9.17, 15) is 14.3 Å². The van der Waals surface area contributed by atoms with Crippen molar-refractivity contribution >= 4 is 13.8 Å². The van der Waals surface area contributed by atoms with Gasteiger partial charge in [0.25, 0.3) is 0 Å². The van der Waals surface area contributed by atoms with Crippen molar-refractivity contribution in [2.24, 2.45) is 0 Å². The van der Waals surface area contributed by atoms with Gasteiger partial charge in [-0.2, -0.15) is 0 Å². The van der Waals surface area contributed by atoms with Gasteiger partial charge in [-0.05, 0) is 12.8 Å². The number of hydrogen-bond donors (Lipinski definition) is 1. The monoisotopic (exact) mass is 608 g/mol. The number of rotatable bonds is 31. The number of likely N-dealkylation sites (N-methyl/N-ethyl adjacent to an activating group) is 1. The van der Waals surface area contributed by atoms with Gasteiger partial charge in [-0.15, -0.1) is 0 Å². The average molecular weight is 609 g/mol. The average Bonchev–Trinajstić information content (AvgIpc) is 2.90. The number of phosphoric acid groups is 1. The van der Waals surface area contributed by atoms with E-state index in [0.29, 0.717) is 24.1 Å². The van der Waals surface area contributed by atoms with Crippen LogP contribution in [0, 0.1) is 0 Å². The SMILES string of the molecule is CCCCCCCCCCCCCC(=O)OC(COCCCCCCCCCC)COP(=O)(O)OCC[N+](C)(C)C. The quantitative estimate of drug-likeness (QED) is 0.0365. The Labute approximate surface area is 253 Å². The number of unbranched alkanes of at least 4 members (excludes halogenated alkanes) is 17. The zero-order valence-electron chi connectivity index (χ0n) is 27.5. The van der Waals surface area contributed by atoms with Crippen LogP contribution in [0.2, 0.25) is 0 Å². The van der Waals surface area contributed by atoms with Gasteiger partial charge >= 0.3 is 13.8 Å². The summed E-state index contributed by atoms with van der Waals surface area (Å²) in [5.41, 5.74) is 0. The van der Waals surface area contributed by atoms with E-state index in [0.717, 1.165) is 32.1 Å². The summed E-state index contributed by atoms with van der Waals surface area (Å²) in [4.78, 5) is 22.6. The van der Waals surface area contributed by atoms with E-state index in [4.69, 9.17) is 18.5 Å². The summed E-state index contributed by atoms with van der Waals surface area (Å²) in [6, 6.07) is 0. The Bertz CT molecular complexity index is 642. The third-order valence-corrected chi connectivity index (χ3v) is 8.15. The molecule has 2 unspecified atom stereocenters. The fraction of sp³-hybridized carbons (Fsp3) is 0.969. The van der Waals surface area contributed by atoms with Crippen LogP contribution in [-0.2, 0) is 27.9 Å². The normalized spacial score (nSPS) is 14.2. The Balaban J connectivity index is 4.34. The number of phosphoric ester groups is 1. The molecule has 0 bridgehead atoms. The van der Waals surface area contributed by atoms with E-state index in [1.165, 1.54) is 89.9 Å². The van der Waals surface area contributed by atoms with Crippen molar-refractivity contribution < 1.29 is 37.3 Å². The second-order valence-electron chi connectivity index (χ2n) is 12.6. The van der Waals surface area contributed by atoms with Crippen LogP contribution in [0.15, 0.2) is 0 Å². The predicted octanol–water partition coefficient (Wildman–Crippen LogP) is 8.60. The predicted molar refractivity (Wildman–Crippen MR) is 169 cm³/mol. The number of quaternary nitrogens is 1. The maximum Gasteiger partial charge on any atom is 0.472 e. The molecule has 0 aliphatic rings. The van der Waals surface area contributed by atoms with Gasteiger partial charge in [0.2, 0.25) is 0 Å². The van der Waals surface area contributed by atoms with Gasteiger partial charge in [-0.3, -0.25) is 13.8 Å². The first-order valence-corrected chi connectivity index (χ1v) is 18.3. The summed E-state index contributed by atoms with van der Waals surface area (Å²) in [6.07, 6.45) is 22.7. The van der Waals surface area contributed by atoms with Crippen LogP contribution in [0.1, 0.15) is 142 Å². The minimum atomic E-state index is -4.25. The molecular weight excluding hydrogens is 541 g/mol. The number of carbonyl (C=O) groups is 1. The molecule has 1 N–H and O–H groups in total. The van der Waals surface area contributed by atoms with Crippen LogP contribution in [-0.4, -0.2) is 75.6 Å². The zero-order valence-corrected chi connectivity index (χ0v) is 28.4. The summed E-state index contributed by atoms with van der Waals surface area (Å²) < 4.78 is 34.6. The van der Waals surface area contributed by atoms with Gasteiger partial charge in [-0.1, -0.05) is 123 Å². The molecule has 0 radical (unpaired) electrons. The van der Waals surface area contributed by atoms with Crippen LogP contribution in [0.4, 0.5) is 0 Å². The number of esters is 1. The molecule has 0 fully saturated rings. The topological polar surface area (TPSA) is 91.3 Å². The van der Waals surface area contributed by atoms with Gasteiger partial charge in [0.15, 0.2) is 0 Å². The molecule has 0 saturated heterocycles. The summed E-state index contributed by atoms with van der Waals surface area (Å²) in [5.74, 6) is -0.316. The molecular formula is C32H67NO7P+. The standard InChI is InChI=1S/C32H66NO7P/c1-6-8-10-12-14-16-17-18-19-21-23-25-32(34)40-31(29-37-27-24-22-20-15-13-11-9-7-2)30-39-41(35,36)38-28-26-33(3,4)5/h31H,6-30H2,1-5H3/p+1. The maximum atomic E-state index is 12.5. The third-order valence-electron chi connectivity index (χ3n) is 7.17. The first kappa shape index (κ1) is 40.5. The molecule has 41 heavy (non-hydrogen) atoms. The van der Waals surface area contributed by atoms with E-state index in [1.54, 1.807) is 0 Å². The lowest BCUT2D eigenvalue weighted by atomic mass is 10.1. The van der Waals surface area contributed by atoms with E-state index < -0.39 is 13.9 Å². The number of ether oxygens (including phenoxy) is 2. The molecule has 0 aromatic rings. The minimum absolute atomic E-state index is 0.0928. The van der Waals surface area contributed by atoms with Crippen molar-refractivity contribution in [3.05, 3.63) is 0 Å². The minimum Gasteiger partial charge on any atom is -0.457 e. The van der Waals surface area contributed by atoms with E-state index in [-0.39, 0.29) is 25.8 Å². The molecule has 2 atom stereocenters. The highest BCUT2D eigenvalue weighted by molar-refractivity contribution is 7.47. The molecule has 0 aliphatic carbocycles. The van der Waals surface area contributed by atoms with Crippen LogP contribution in [0.3, 0.4) is 0 Å². The first-order chi connectivity index (χ1) is 19.6. The van der Waals surface area contributed by atoms with Crippen molar-refractivity contribution in [2.45, 2.75) is 148 Å². The Morgan fingerprint density at radius 3 is 1.61 bits per heavy atom. The number of hydrogen-bond acceptors (Lipinski definition) is 6. The highest BCUT2D eigenvalue weighted by Crippen LogP contribution is 2.43. The summed E-state index contributed by atoms with van der Waals surface area (Å²) in [5, 5.41) is 0. The van der Waals surface area contributed by atoms with Crippen molar-refractivity contribution in [2.75, 3.05) is 54.1 Å². The van der Waals surface area contributed by atoms with Crippen LogP contribution >= 0.6 is 7.82 Å². The van der Waals surface area contributed by atoms with Gasteiger partial charge in [-0.25, -0.2) is 4.57 Å². The van der Waals surface area contributed by atoms with Crippen LogP contribution < -0.4 is 0 Å². The molecule has 0 aliphatic heterocycles. The molecule has 0 heterocycles. The lowest BCUT2D eigenvalue weighted by molar-refractivity contribution is -0.870. The van der Waals surface area contributed by atoms with Crippen molar-refractivity contribution in [1.29, 1.82) is 0 Å². The van der Waals surface area contributed by atoms with Gasteiger partial charge in [0.05, 0.1) is 34.4 Å². The molecule has 0 rings (SSSR count). The zero-order chi connectivity index (χ0) is 30.7. The Kier molecular flexibility index (Phi) is 26.7. The lowest BCUT2D eigenvalue weighted by Crippen LogP contribution is -2.37. The van der Waals surface area contributed by atoms with Crippen LogP contribution in [0.25, 0.3) is 0 Å². The second kappa shape index (κ2) is 27.1. The molecule has 0 saturated carbocycles. The number of nitrogens with zero attached hydrogens (tertiary/aromatic N) is 1. The smallest absolute Gasteiger partial charge is 0.457 e. The van der Waals surface area contributed by atoms with Gasteiger partial charge in [0, 0.05) is 13.0 Å². The molecule has 0 aromatic carbocycles. The highest BCUT2D eigenvalue weighted by atomic mass is 31.2. The second-order valence-corrected chi connectivity index (χ2v) is 14.0. The van der Waals surface area contributed by atoms with Gasteiger partial charge in [0.1, 0.15) is 19.3 Å². The maximum absolute atomic E-state index is 12.5. The van der Waals surface area contributed by atoms with Crippen molar-refractivity contribution in [3.63, 3.8) is 0 Å². The molecule has 0 spiro atoms. The van der Waals surface area contributed by atoms with Gasteiger partial charge < -0.3 is 18.9 Å². The van der Waals surface area contributed by atoms with E-state index in [2.05, 4.69) is 13.8 Å². The van der Waals surface area contributed by atoms with Crippen LogP contribution in [0.5, 0.6) is 0 Å². The summed E-state index contributed by atoms with van der Waals surface area (Å²) in [6.45, 7) is 5.60. The third kappa shape index (κ3) is 30.8. The molecule has 0 amide bonds. The molecule has 0 aromatic heterocycles. The fourth-order valence-corrected chi connectivity index (χ4v) is 5.23. The Morgan fingerprint density at radius 1 is 0.659 bits per heavy atom. The van der Waals surface area contributed by atoms with E-state index >= 15 is 0 Å². The highest BCUT2D eigenvalue weighted by Gasteiger charge is 2.26. The summed E-state index contributed by atoms with van der Waals surface area (Å²) >= 11 is 0. The first-order valence-electron chi connectivity index (χ1n) is 16.8. The van der Waals surface area contributed by atoms with Crippen molar-refractivity contribution in [3.8, 4) is 0 Å². The Morgan fingerprint density at radius 2 is 1.12 bits per heavy atom.